The van der Waals surface area contributed by atoms with E-state index < -0.39 is 9.84 Å². The van der Waals surface area contributed by atoms with E-state index in [2.05, 4.69) is 4.90 Å². The van der Waals surface area contributed by atoms with Gasteiger partial charge in [-0.1, -0.05) is 0 Å². The number of rotatable bonds is 4. The molecule has 2 rings (SSSR count). The molecule has 106 valence electrons. The summed E-state index contributed by atoms with van der Waals surface area (Å²) in [6, 6.07) is 7.19. The standard InChI is InChI=1S/C14H22N2O2S/c1-19(17,18)14-4-2-13(3-5-14)16-10-7-12(6-9-15)8-11-16/h2-5,12H,6-11,15H2,1H3. The summed E-state index contributed by atoms with van der Waals surface area (Å²) in [6.07, 6.45) is 4.69. The van der Waals surface area contributed by atoms with Gasteiger partial charge in [0, 0.05) is 25.0 Å². The molecule has 1 fully saturated rings. The molecule has 4 nitrogen and oxygen atoms in total. The zero-order valence-electron chi connectivity index (χ0n) is 11.4. The molecule has 0 unspecified atom stereocenters. The third-order valence-electron chi connectivity index (χ3n) is 3.82. The number of hydrogen-bond acceptors (Lipinski definition) is 4. The van der Waals surface area contributed by atoms with E-state index in [0.29, 0.717) is 4.90 Å². The van der Waals surface area contributed by atoms with Crippen molar-refractivity contribution in [1.29, 1.82) is 0 Å². The minimum Gasteiger partial charge on any atom is -0.372 e. The number of nitrogens with two attached hydrogens (primary N) is 1. The van der Waals surface area contributed by atoms with Gasteiger partial charge in [-0.2, -0.15) is 0 Å². The minimum atomic E-state index is -3.10. The van der Waals surface area contributed by atoms with Crippen LogP contribution in [0.15, 0.2) is 29.2 Å². The first-order valence-electron chi connectivity index (χ1n) is 6.76. The smallest absolute Gasteiger partial charge is 0.175 e. The molecular formula is C14H22N2O2S. The van der Waals surface area contributed by atoms with Crippen LogP contribution in [-0.4, -0.2) is 34.3 Å². The Bertz CT molecular complexity index is 503. The van der Waals surface area contributed by atoms with Crippen LogP contribution < -0.4 is 10.6 Å². The second-order valence-electron chi connectivity index (χ2n) is 5.27. The average molecular weight is 282 g/mol. The first-order chi connectivity index (χ1) is 9.00. The van der Waals surface area contributed by atoms with E-state index in [9.17, 15) is 8.42 Å². The zero-order valence-corrected chi connectivity index (χ0v) is 12.2. The average Bonchev–Trinajstić information content (AvgIpc) is 2.39. The first kappa shape index (κ1) is 14.3. The zero-order chi connectivity index (χ0) is 13.9. The van der Waals surface area contributed by atoms with Crippen LogP contribution in [0.2, 0.25) is 0 Å². The van der Waals surface area contributed by atoms with Crippen LogP contribution in [0.5, 0.6) is 0 Å². The summed E-state index contributed by atoms with van der Waals surface area (Å²) in [5.41, 5.74) is 6.70. The van der Waals surface area contributed by atoms with Crippen LogP contribution in [0, 0.1) is 5.92 Å². The molecule has 1 heterocycles. The van der Waals surface area contributed by atoms with Crippen LogP contribution in [0.25, 0.3) is 0 Å². The van der Waals surface area contributed by atoms with Crippen molar-refractivity contribution in [3.63, 3.8) is 0 Å². The van der Waals surface area contributed by atoms with Crippen molar-refractivity contribution in [1.82, 2.24) is 0 Å². The van der Waals surface area contributed by atoms with Gasteiger partial charge in [-0.25, -0.2) is 8.42 Å². The topological polar surface area (TPSA) is 63.4 Å². The lowest BCUT2D eigenvalue weighted by Crippen LogP contribution is -2.34. The number of anilines is 1. The molecule has 0 bridgehead atoms. The molecule has 0 radical (unpaired) electrons. The lowest BCUT2D eigenvalue weighted by atomic mass is 9.93. The molecule has 0 amide bonds. The van der Waals surface area contributed by atoms with E-state index in [1.807, 2.05) is 12.1 Å². The fourth-order valence-electron chi connectivity index (χ4n) is 2.62. The second-order valence-corrected chi connectivity index (χ2v) is 7.29. The van der Waals surface area contributed by atoms with Crippen molar-refractivity contribution in [2.24, 2.45) is 11.7 Å². The first-order valence-corrected chi connectivity index (χ1v) is 8.65. The highest BCUT2D eigenvalue weighted by molar-refractivity contribution is 7.90. The van der Waals surface area contributed by atoms with Gasteiger partial charge < -0.3 is 10.6 Å². The predicted molar refractivity (Wildman–Crippen MR) is 78.2 cm³/mol. The quantitative estimate of drug-likeness (QED) is 0.912. The van der Waals surface area contributed by atoms with Crippen LogP contribution in [0.4, 0.5) is 5.69 Å². The molecular weight excluding hydrogens is 260 g/mol. The second kappa shape index (κ2) is 5.92. The van der Waals surface area contributed by atoms with Crippen molar-refractivity contribution in [2.75, 3.05) is 30.8 Å². The van der Waals surface area contributed by atoms with Crippen molar-refractivity contribution < 1.29 is 8.42 Å². The van der Waals surface area contributed by atoms with Gasteiger partial charge in [0.25, 0.3) is 0 Å². The van der Waals surface area contributed by atoms with E-state index in [4.69, 9.17) is 5.73 Å². The van der Waals surface area contributed by atoms with Crippen molar-refractivity contribution >= 4 is 15.5 Å². The molecule has 5 heteroatoms. The van der Waals surface area contributed by atoms with Gasteiger partial charge in [0.15, 0.2) is 9.84 Å². The molecule has 1 aliphatic rings. The fraction of sp³-hybridized carbons (Fsp3) is 0.571. The monoisotopic (exact) mass is 282 g/mol. The van der Waals surface area contributed by atoms with Gasteiger partial charge in [0.2, 0.25) is 0 Å². The molecule has 0 spiro atoms. The van der Waals surface area contributed by atoms with E-state index >= 15 is 0 Å². The Morgan fingerprint density at radius 1 is 1.21 bits per heavy atom. The summed E-state index contributed by atoms with van der Waals surface area (Å²) >= 11 is 0. The normalized spacial score (nSPS) is 17.7. The highest BCUT2D eigenvalue weighted by Crippen LogP contribution is 2.25. The lowest BCUT2D eigenvalue weighted by Gasteiger charge is -2.33. The fourth-order valence-corrected chi connectivity index (χ4v) is 3.25. The Balaban J connectivity index is 2.00. The Labute approximate surface area is 115 Å². The number of benzene rings is 1. The summed E-state index contributed by atoms with van der Waals surface area (Å²) in [5.74, 6) is 0.747. The van der Waals surface area contributed by atoms with Crippen LogP contribution in [0.1, 0.15) is 19.3 Å². The van der Waals surface area contributed by atoms with Gasteiger partial charge >= 0.3 is 0 Å². The van der Waals surface area contributed by atoms with Gasteiger partial charge in [0.1, 0.15) is 0 Å². The summed E-state index contributed by atoms with van der Waals surface area (Å²) in [4.78, 5) is 2.70. The Morgan fingerprint density at radius 3 is 2.26 bits per heavy atom. The number of nitrogens with zero attached hydrogens (tertiary/aromatic N) is 1. The lowest BCUT2D eigenvalue weighted by molar-refractivity contribution is 0.386. The predicted octanol–water partition coefficient (Wildman–Crippen LogP) is 1.66. The molecule has 1 aliphatic heterocycles. The van der Waals surface area contributed by atoms with Crippen LogP contribution >= 0.6 is 0 Å². The molecule has 1 aromatic rings. The van der Waals surface area contributed by atoms with Gasteiger partial charge in [-0.3, -0.25) is 0 Å². The van der Waals surface area contributed by atoms with Gasteiger partial charge in [0.05, 0.1) is 4.90 Å². The van der Waals surface area contributed by atoms with Crippen molar-refractivity contribution in [3.8, 4) is 0 Å². The maximum atomic E-state index is 11.4. The van der Waals surface area contributed by atoms with Gasteiger partial charge in [-0.05, 0) is 56.0 Å². The van der Waals surface area contributed by atoms with Gasteiger partial charge in [-0.15, -0.1) is 0 Å². The molecule has 1 aromatic carbocycles. The molecule has 2 N–H and O–H groups in total. The third kappa shape index (κ3) is 3.70. The van der Waals surface area contributed by atoms with E-state index in [1.54, 1.807) is 12.1 Å². The highest BCUT2D eigenvalue weighted by Gasteiger charge is 2.19. The van der Waals surface area contributed by atoms with Crippen molar-refractivity contribution in [2.45, 2.75) is 24.2 Å². The van der Waals surface area contributed by atoms with Crippen LogP contribution in [-0.2, 0) is 9.84 Å². The number of piperidine rings is 1. The molecule has 0 saturated carbocycles. The summed E-state index contributed by atoms with van der Waals surface area (Å²) < 4.78 is 22.8. The summed E-state index contributed by atoms with van der Waals surface area (Å²) in [6.45, 7) is 2.83. The van der Waals surface area contributed by atoms with E-state index in [-0.39, 0.29) is 0 Å². The molecule has 19 heavy (non-hydrogen) atoms. The SMILES string of the molecule is CS(=O)(=O)c1ccc(N2CCC(CCN)CC2)cc1. The minimum absolute atomic E-state index is 0.384. The Hall–Kier alpha value is -1.07. The molecule has 0 aliphatic carbocycles. The Kier molecular flexibility index (Phi) is 4.47. The highest BCUT2D eigenvalue weighted by atomic mass is 32.2. The maximum Gasteiger partial charge on any atom is 0.175 e. The van der Waals surface area contributed by atoms with E-state index in [0.717, 1.165) is 37.7 Å². The molecule has 0 atom stereocenters. The summed E-state index contributed by atoms with van der Waals surface area (Å²) in [5, 5.41) is 0. The maximum absolute atomic E-state index is 11.4. The van der Waals surface area contributed by atoms with E-state index in [1.165, 1.54) is 19.1 Å². The Morgan fingerprint density at radius 2 is 1.79 bits per heavy atom. The van der Waals surface area contributed by atoms with Crippen molar-refractivity contribution in [3.05, 3.63) is 24.3 Å². The summed E-state index contributed by atoms with van der Waals surface area (Å²) in [7, 11) is -3.10. The number of sulfone groups is 1. The number of hydrogen-bond donors (Lipinski definition) is 1. The van der Waals surface area contributed by atoms with Crippen LogP contribution in [0.3, 0.4) is 0 Å². The molecule has 0 aromatic heterocycles. The molecule has 1 saturated heterocycles. The third-order valence-corrected chi connectivity index (χ3v) is 4.95. The largest absolute Gasteiger partial charge is 0.372 e.